The fourth-order valence-electron chi connectivity index (χ4n) is 2.17. The van der Waals surface area contributed by atoms with Crippen molar-refractivity contribution in [1.29, 1.82) is 0 Å². The van der Waals surface area contributed by atoms with Crippen molar-refractivity contribution < 1.29 is 4.74 Å². The summed E-state index contributed by atoms with van der Waals surface area (Å²) in [5.74, 6) is 2.34. The predicted molar refractivity (Wildman–Crippen MR) is 76.3 cm³/mol. The Morgan fingerprint density at radius 2 is 1.89 bits per heavy atom. The van der Waals surface area contributed by atoms with Crippen LogP contribution in [0.3, 0.4) is 0 Å². The van der Waals surface area contributed by atoms with Gasteiger partial charge in [0.05, 0.1) is 12.3 Å². The summed E-state index contributed by atoms with van der Waals surface area (Å²) in [6, 6.07) is 16.2. The molecule has 2 aromatic rings. The second-order valence-corrected chi connectivity index (χ2v) is 5.46. The maximum atomic E-state index is 5.87. The van der Waals surface area contributed by atoms with Gasteiger partial charge >= 0.3 is 0 Å². The summed E-state index contributed by atoms with van der Waals surface area (Å²) in [6.07, 6.45) is 0. The Kier molecular flexibility index (Phi) is 3.15. The predicted octanol–water partition coefficient (Wildman–Crippen LogP) is 3.54. The largest absolute Gasteiger partial charge is 0.491 e. The topological polar surface area (TPSA) is 35.2 Å². The van der Waals surface area contributed by atoms with Crippen molar-refractivity contribution in [3.63, 3.8) is 0 Å². The van der Waals surface area contributed by atoms with E-state index in [1.807, 2.05) is 36.0 Å². The summed E-state index contributed by atoms with van der Waals surface area (Å²) in [6.45, 7) is 0.693. The molecule has 2 aromatic carbocycles. The highest BCUT2D eigenvalue weighted by Gasteiger charge is 2.23. The fraction of sp³-hybridized carbons (Fsp3) is 0.200. The van der Waals surface area contributed by atoms with Crippen molar-refractivity contribution >= 4 is 17.4 Å². The van der Waals surface area contributed by atoms with Gasteiger partial charge in [-0.15, -0.1) is 11.8 Å². The van der Waals surface area contributed by atoms with Crippen molar-refractivity contribution in [2.45, 2.75) is 10.8 Å². The lowest BCUT2D eigenvalue weighted by atomic mass is 10.0. The van der Waals surface area contributed by atoms with Crippen LogP contribution < -0.4 is 10.5 Å². The Morgan fingerprint density at radius 1 is 1.11 bits per heavy atom. The number of para-hydroxylation sites is 2. The molecule has 1 heterocycles. The molecule has 18 heavy (non-hydrogen) atoms. The van der Waals surface area contributed by atoms with E-state index >= 15 is 0 Å². The highest BCUT2D eigenvalue weighted by Crippen LogP contribution is 2.39. The first-order valence-corrected chi connectivity index (χ1v) is 7.02. The van der Waals surface area contributed by atoms with Crippen molar-refractivity contribution in [2.75, 3.05) is 18.1 Å². The van der Waals surface area contributed by atoms with E-state index in [1.165, 1.54) is 10.5 Å². The van der Waals surface area contributed by atoms with E-state index in [9.17, 15) is 0 Å². The number of fused-ring (bicyclic) bond motifs is 1. The van der Waals surface area contributed by atoms with Crippen LogP contribution >= 0.6 is 11.8 Å². The van der Waals surface area contributed by atoms with Gasteiger partial charge < -0.3 is 10.5 Å². The number of benzene rings is 2. The molecule has 3 heteroatoms. The van der Waals surface area contributed by atoms with Crippen LogP contribution in [-0.4, -0.2) is 12.4 Å². The van der Waals surface area contributed by atoms with Gasteiger partial charge in [0.1, 0.15) is 5.75 Å². The zero-order chi connectivity index (χ0) is 12.4. The molecule has 92 valence electrons. The maximum absolute atomic E-state index is 5.87. The van der Waals surface area contributed by atoms with Crippen molar-refractivity contribution in [3.05, 3.63) is 54.1 Å². The Labute approximate surface area is 111 Å². The molecular formula is C15H15NOS. The molecule has 3 rings (SSSR count). The minimum absolute atomic E-state index is 0.464. The maximum Gasteiger partial charge on any atom is 0.142 e. The number of thioether (sulfide) groups is 1. The minimum Gasteiger partial charge on any atom is -0.491 e. The van der Waals surface area contributed by atoms with E-state index < -0.39 is 0 Å². The lowest BCUT2D eigenvalue weighted by Gasteiger charge is -2.13. The van der Waals surface area contributed by atoms with Crippen LogP contribution in [0.1, 0.15) is 11.5 Å². The molecule has 0 radical (unpaired) electrons. The van der Waals surface area contributed by atoms with Crippen LogP contribution in [0, 0.1) is 0 Å². The van der Waals surface area contributed by atoms with Gasteiger partial charge in [0.2, 0.25) is 0 Å². The SMILES string of the molecule is Nc1ccccc1OCC1CSc2ccccc21. The first-order valence-electron chi connectivity index (χ1n) is 6.03. The van der Waals surface area contributed by atoms with E-state index in [2.05, 4.69) is 24.3 Å². The van der Waals surface area contributed by atoms with Gasteiger partial charge in [-0.1, -0.05) is 30.3 Å². The molecule has 2 nitrogen and oxygen atoms in total. The Hall–Kier alpha value is -1.61. The second kappa shape index (κ2) is 4.94. The number of hydrogen-bond acceptors (Lipinski definition) is 3. The zero-order valence-electron chi connectivity index (χ0n) is 10.0. The lowest BCUT2D eigenvalue weighted by molar-refractivity contribution is 0.299. The van der Waals surface area contributed by atoms with Gasteiger partial charge in [-0.3, -0.25) is 0 Å². The standard InChI is InChI=1S/C15H15NOS/c16-13-6-2-3-7-14(13)17-9-11-10-18-15-8-4-1-5-12(11)15/h1-8,11H,9-10,16H2. The first-order chi connectivity index (χ1) is 8.84. The molecule has 0 bridgehead atoms. The molecule has 0 aromatic heterocycles. The molecular weight excluding hydrogens is 242 g/mol. The summed E-state index contributed by atoms with van der Waals surface area (Å²) in [4.78, 5) is 1.38. The Balaban J connectivity index is 1.71. The third-order valence-electron chi connectivity index (χ3n) is 3.16. The second-order valence-electron chi connectivity index (χ2n) is 4.39. The highest BCUT2D eigenvalue weighted by atomic mass is 32.2. The van der Waals surface area contributed by atoms with Crippen molar-refractivity contribution in [2.24, 2.45) is 0 Å². The molecule has 2 N–H and O–H groups in total. The van der Waals surface area contributed by atoms with Gasteiger partial charge in [0.15, 0.2) is 0 Å². The van der Waals surface area contributed by atoms with Crippen LogP contribution in [0.4, 0.5) is 5.69 Å². The number of nitrogen functional groups attached to an aromatic ring is 1. The van der Waals surface area contributed by atoms with E-state index in [1.54, 1.807) is 0 Å². The molecule has 1 aliphatic heterocycles. The van der Waals surface area contributed by atoms with E-state index in [-0.39, 0.29) is 0 Å². The summed E-state index contributed by atoms with van der Waals surface area (Å²) in [5, 5.41) is 0. The van der Waals surface area contributed by atoms with Gasteiger partial charge in [-0.05, 0) is 23.8 Å². The first kappa shape index (κ1) is 11.5. The molecule has 0 saturated heterocycles. The normalized spacial score (nSPS) is 17.4. The van der Waals surface area contributed by atoms with Gasteiger partial charge in [0.25, 0.3) is 0 Å². The summed E-state index contributed by atoms with van der Waals surface area (Å²) in [7, 11) is 0. The van der Waals surface area contributed by atoms with Crippen LogP contribution in [0.5, 0.6) is 5.75 Å². The number of hydrogen-bond donors (Lipinski definition) is 1. The Bertz CT molecular complexity index is 556. The number of nitrogens with two attached hydrogens (primary N) is 1. The minimum atomic E-state index is 0.464. The summed E-state index contributed by atoms with van der Waals surface area (Å²) < 4.78 is 5.84. The van der Waals surface area contributed by atoms with Gasteiger partial charge in [0, 0.05) is 16.6 Å². The molecule has 1 atom stereocenters. The van der Waals surface area contributed by atoms with E-state index in [4.69, 9.17) is 10.5 Å². The van der Waals surface area contributed by atoms with Gasteiger partial charge in [-0.2, -0.15) is 0 Å². The molecule has 1 aliphatic rings. The number of anilines is 1. The Morgan fingerprint density at radius 3 is 2.78 bits per heavy atom. The van der Waals surface area contributed by atoms with Crippen molar-refractivity contribution in [3.8, 4) is 5.75 Å². The van der Waals surface area contributed by atoms with Crippen LogP contribution in [-0.2, 0) is 0 Å². The smallest absolute Gasteiger partial charge is 0.142 e. The fourth-order valence-corrected chi connectivity index (χ4v) is 3.40. The average Bonchev–Trinajstić information content (AvgIpc) is 2.81. The monoisotopic (exact) mass is 257 g/mol. The molecule has 1 unspecified atom stereocenters. The molecule has 0 aliphatic carbocycles. The van der Waals surface area contributed by atoms with Crippen molar-refractivity contribution in [1.82, 2.24) is 0 Å². The molecule has 0 spiro atoms. The number of ether oxygens (including phenoxy) is 1. The third kappa shape index (κ3) is 2.18. The quantitative estimate of drug-likeness (QED) is 0.854. The number of rotatable bonds is 3. The van der Waals surface area contributed by atoms with E-state index in [0.717, 1.165) is 11.5 Å². The van der Waals surface area contributed by atoms with Crippen LogP contribution in [0.2, 0.25) is 0 Å². The lowest BCUT2D eigenvalue weighted by Crippen LogP contribution is -2.10. The summed E-state index contributed by atoms with van der Waals surface area (Å²) in [5.41, 5.74) is 7.97. The van der Waals surface area contributed by atoms with Crippen LogP contribution in [0.25, 0.3) is 0 Å². The van der Waals surface area contributed by atoms with Gasteiger partial charge in [-0.25, -0.2) is 0 Å². The highest BCUT2D eigenvalue weighted by molar-refractivity contribution is 7.99. The average molecular weight is 257 g/mol. The third-order valence-corrected chi connectivity index (χ3v) is 4.41. The zero-order valence-corrected chi connectivity index (χ0v) is 10.8. The molecule has 0 amide bonds. The van der Waals surface area contributed by atoms with E-state index in [0.29, 0.717) is 18.2 Å². The molecule has 0 fully saturated rings. The van der Waals surface area contributed by atoms with Crippen LogP contribution in [0.15, 0.2) is 53.4 Å². The summed E-state index contributed by atoms with van der Waals surface area (Å²) >= 11 is 1.90. The molecule has 0 saturated carbocycles.